The maximum absolute atomic E-state index is 9.36. The highest BCUT2D eigenvalue weighted by atomic mass is 16.3. The van der Waals surface area contributed by atoms with Crippen molar-refractivity contribution in [3.05, 3.63) is 12.7 Å². The van der Waals surface area contributed by atoms with Gasteiger partial charge in [0.2, 0.25) is 0 Å². The molecule has 0 amide bonds. The minimum atomic E-state index is -0.731. The third kappa shape index (κ3) is 65.7. The van der Waals surface area contributed by atoms with Gasteiger partial charge in [0.25, 0.3) is 0 Å². The van der Waals surface area contributed by atoms with Crippen molar-refractivity contribution in [1.82, 2.24) is 0 Å². The molecule has 0 unspecified atom stereocenters. The van der Waals surface area contributed by atoms with Crippen molar-refractivity contribution in [2.24, 2.45) is 0 Å². The molecule has 0 rings (SSSR count). The molecule has 0 fully saturated rings. The van der Waals surface area contributed by atoms with Gasteiger partial charge in [-0.3, -0.25) is 0 Å². The van der Waals surface area contributed by atoms with E-state index in [4.69, 9.17) is 5.41 Å². The molecular weight excluding hydrogens is 104 g/mol. The number of nitrogens with one attached hydrogen (secondary N) is 1. The lowest BCUT2D eigenvalue weighted by Crippen LogP contribution is -2.74. The Hall–Kier alpha value is -0.830. The Balaban J connectivity index is 0. The van der Waals surface area contributed by atoms with Crippen LogP contribution in [0.25, 0.3) is 0 Å². The zero-order valence-electron chi connectivity index (χ0n) is 5.27. The van der Waals surface area contributed by atoms with Crippen LogP contribution in [0.3, 0.4) is 0 Å². The molecule has 0 aromatic heterocycles. The van der Waals surface area contributed by atoms with Gasteiger partial charge in [0.05, 0.1) is 14.1 Å². The molecule has 0 aromatic rings. The quantitative estimate of drug-likeness (QED) is 0.312. The Morgan fingerprint density at radius 3 is 1.88 bits per heavy atom. The second-order valence-corrected chi connectivity index (χ2v) is 1.15. The highest BCUT2D eigenvalue weighted by Crippen LogP contribution is 1.49. The van der Waals surface area contributed by atoms with E-state index in [1.807, 2.05) is 19.4 Å². The van der Waals surface area contributed by atoms with Gasteiger partial charge in [-0.05, 0) is 5.90 Å². The summed E-state index contributed by atoms with van der Waals surface area (Å²) in [5.41, 5.74) is 0. The van der Waals surface area contributed by atoms with E-state index in [0.29, 0.717) is 0 Å². The van der Waals surface area contributed by atoms with Gasteiger partial charge in [0.1, 0.15) is 0 Å². The first-order valence-corrected chi connectivity index (χ1v) is 2.31. The van der Waals surface area contributed by atoms with Crippen LogP contribution >= 0.6 is 0 Å². The van der Waals surface area contributed by atoms with E-state index >= 15 is 0 Å². The zero-order valence-corrected chi connectivity index (χ0v) is 5.27. The van der Waals surface area contributed by atoms with Crippen molar-refractivity contribution in [1.29, 1.82) is 5.41 Å². The van der Waals surface area contributed by atoms with Crippen molar-refractivity contribution < 1.29 is 10.4 Å². The van der Waals surface area contributed by atoms with Crippen LogP contribution in [0.4, 0.5) is 0 Å². The van der Waals surface area contributed by atoms with E-state index in [-0.39, 0.29) is 0 Å². The molecule has 0 aliphatic rings. The highest BCUT2D eigenvalue weighted by Gasteiger charge is 1.49. The topological polar surface area (TPSA) is 63.5 Å². The van der Waals surface area contributed by atoms with Crippen LogP contribution in [0.5, 0.6) is 0 Å². The molecule has 3 heteroatoms. The molecule has 0 saturated carbocycles. The minimum absolute atomic E-state index is 0.731. The molecule has 0 radical (unpaired) electrons. The first-order chi connectivity index (χ1) is 3.68. The summed E-state index contributed by atoms with van der Waals surface area (Å²) in [5, 5.41) is 17.4. The lowest BCUT2D eigenvalue weighted by molar-refractivity contribution is -0.597. The molecule has 3 N–H and O–H groups in total. The first kappa shape index (κ1) is 10.2. The van der Waals surface area contributed by atoms with Crippen molar-refractivity contribution in [3.8, 4) is 0 Å². The van der Waals surface area contributed by atoms with E-state index in [9.17, 15) is 5.11 Å². The molecule has 0 aromatic carbocycles. The first-order valence-electron chi connectivity index (χ1n) is 2.31. The lowest BCUT2D eigenvalue weighted by atomic mass is 10.7. The molecule has 0 heterocycles. The van der Waals surface area contributed by atoms with Crippen LogP contribution in [0.15, 0.2) is 12.7 Å². The maximum Gasteiger partial charge on any atom is 0.0647 e. The van der Waals surface area contributed by atoms with Crippen molar-refractivity contribution in [2.75, 3.05) is 14.1 Å². The molecule has 3 nitrogen and oxygen atoms in total. The molecule has 0 atom stereocenters. The van der Waals surface area contributed by atoms with Crippen LogP contribution in [-0.4, -0.2) is 20.0 Å². The fraction of sp³-hybridized carbons (Fsp3) is 0.400. The second-order valence-electron chi connectivity index (χ2n) is 1.15. The Morgan fingerprint density at radius 2 is 1.88 bits per heavy atom. The summed E-state index contributed by atoms with van der Waals surface area (Å²) >= 11 is 0. The van der Waals surface area contributed by atoms with Gasteiger partial charge >= 0.3 is 0 Å². The predicted octanol–water partition coefficient (Wildman–Crippen LogP) is -1.68. The third-order valence-electron chi connectivity index (χ3n) is 0.185. The average molecular weight is 116 g/mol. The van der Waals surface area contributed by atoms with E-state index < -0.39 is 5.90 Å². The van der Waals surface area contributed by atoms with E-state index in [1.165, 1.54) is 0 Å². The summed E-state index contributed by atoms with van der Waals surface area (Å²) in [6, 6.07) is 0. The van der Waals surface area contributed by atoms with Gasteiger partial charge in [-0.2, -0.15) is 0 Å². The summed E-state index contributed by atoms with van der Waals surface area (Å²) in [4.78, 5) is 0. The van der Waals surface area contributed by atoms with Crippen LogP contribution in [0, 0.1) is 5.41 Å². The fourth-order valence-corrected chi connectivity index (χ4v) is 0. The maximum atomic E-state index is 9.36. The van der Waals surface area contributed by atoms with Crippen molar-refractivity contribution in [3.63, 3.8) is 0 Å². The Morgan fingerprint density at radius 1 is 1.75 bits per heavy atom. The van der Waals surface area contributed by atoms with Gasteiger partial charge in [-0.15, -0.1) is 0 Å². The number of nitrogens with two attached hydrogens (primary N) is 1. The Kier molecular flexibility index (Phi) is 12.1. The van der Waals surface area contributed by atoms with Gasteiger partial charge < -0.3 is 15.8 Å². The number of hydrogen-bond donors (Lipinski definition) is 2. The molecule has 0 saturated heterocycles. The Bertz CT molecular complexity index is 70.8. The molecule has 0 aliphatic heterocycles. The molecule has 48 valence electrons. The SMILES string of the molecule is C=CC(=N)[O-].C[NH2+]C. The zero-order chi connectivity index (χ0) is 6.99. The Labute approximate surface area is 49.5 Å². The van der Waals surface area contributed by atoms with E-state index in [2.05, 4.69) is 6.58 Å². The molecule has 0 aliphatic carbocycles. The van der Waals surface area contributed by atoms with Gasteiger partial charge in [-0.1, -0.05) is 12.7 Å². The van der Waals surface area contributed by atoms with Crippen molar-refractivity contribution >= 4 is 5.90 Å². The predicted molar refractivity (Wildman–Crippen MR) is 31.7 cm³/mol. The van der Waals surface area contributed by atoms with Gasteiger partial charge in [-0.25, -0.2) is 0 Å². The largest absolute Gasteiger partial charge is 0.859 e. The third-order valence-corrected chi connectivity index (χ3v) is 0.185. The second kappa shape index (κ2) is 9.48. The summed E-state index contributed by atoms with van der Waals surface area (Å²) in [6.45, 7) is 3.02. The summed E-state index contributed by atoms with van der Waals surface area (Å²) in [7, 11) is 4.00. The van der Waals surface area contributed by atoms with Crippen molar-refractivity contribution in [2.45, 2.75) is 0 Å². The summed E-state index contributed by atoms with van der Waals surface area (Å²) in [5.74, 6) is -0.731. The molecule has 0 bridgehead atoms. The number of quaternary nitrogens is 1. The normalized spacial score (nSPS) is 6.25. The fourth-order valence-electron chi connectivity index (χ4n) is 0. The van der Waals surface area contributed by atoms with E-state index in [0.717, 1.165) is 6.08 Å². The number of rotatable bonds is 1. The smallest absolute Gasteiger partial charge is 0.0647 e. The minimum Gasteiger partial charge on any atom is -0.859 e. The van der Waals surface area contributed by atoms with Crippen LogP contribution in [-0.2, 0) is 0 Å². The number of hydrogen-bond acceptors (Lipinski definition) is 2. The summed E-state index contributed by atoms with van der Waals surface area (Å²) < 4.78 is 0. The van der Waals surface area contributed by atoms with Gasteiger partial charge in [0, 0.05) is 0 Å². The van der Waals surface area contributed by atoms with Crippen LogP contribution in [0.1, 0.15) is 0 Å². The van der Waals surface area contributed by atoms with Crippen LogP contribution in [0.2, 0.25) is 0 Å². The monoisotopic (exact) mass is 116 g/mol. The standard InChI is InChI=1S/C3H5NO.C2H7N/c1-2-3(4)5;1-3-2/h2H,1H2,(H2,4,5);3H,1-2H3. The molecule has 0 spiro atoms. The molecule has 8 heavy (non-hydrogen) atoms. The van der Waals surface area contributed by atoms with E-state index in [1.54, 1.807) is 0 Å². The highest BCUT2D eigenvalue weighted by molar-refractivity contribution is 5.79. The average Bonchev–Trinajstić information content (AvgIpc) is 1.69. The van der Waals surface area contributed by atoms with Gasteiger partial charge in [0.15, 0.2) is 0 Å². The van der Waals surface area contributed by atoms with Crippen LogP contribution < -0.4 is 10.4 Å². The lowest BCUT2D eigenvalue weighted by Gasteiger charge is -1.91. The molecular formula is C5H12N2O. The summed E-state index contributed by atoms with van der Waals surface area (Å²) in [6.07, 6.45) is 0.944.